The molecule has 19 nitrogen and oxygen atoms in total. The van der Waals surface area contributed by atoms with Gasteiger partial charge in [-0.05, 0) is 121 Å². The molecular formula is C54H76N8O11S. The molecule has 1 atom stereocenters. The fourth-order valence-electron chi connectivity index (χ4n) is 7.09. The van der Waals surface area contributed by atoms with Crippen LogP contribution >= 0.6 is 11.8 Å². The lowest BCUT2D eigenvalue weighted by Crippen LogP contribution is -2.69. The van der Waals surface area contributed by atoms with Gasteiger partial charge in [-0.1, -0.05) is 91.0 Å². The minimum atomic E-state index is -1.67. The molecule has 0 aliphatic heterocycles. The lowest BCUT2D eigenvalue weighted by Gasteiger charge is -2.37. The van der Waals surface area contributed by atoms with Crippen molar-refractivity contribution in [2.75, 3.05) is 19.5 Å². The molecule has 0 saturated heterocycles. The molecule has 0 bridgehead atoms. The van der Waals surface area contributed by atoms with Gasteiger partial charge in [0.15, 0.2) is 0 Å². The molecule has 0 fully saturated rings. The van der Waals surface area contributed by atoms with Crippen molar-refractivity contribution in [3.63, 3.8) is 0 Å². The van der Waals surface area contributed by atoms with Gasteiger partial charge >= 0.3 is 12.1 Å². The van der Waals surface area contributed by atoms with Gasteiger partial charge in [0.05, 0.1) is 11.9 Å². The summed E-state index contributed by atoms with van der Waals surface area (Å²) >= 11 is 1.61. The van der Waals surface area contributed by atoms with Gasteiger partial charge < -0.3 is 52.0 Å². The Morgan fingerprint density at radius 1 is 0.432 bits per heavy atom. The smallest absolute Gasteiger partial charge is 0.408 e. The molecule has 74 heavy (non-hydrogen) atoms. The van der Waals surface area contributed by atoms with Gasteiger partial charge in [0.2, 0.25) is 41.4 Å². The van der Waals surface area contributed by atoms with Gasteiger partial charge in [-0.3, -0.25) is 33.6 Å². The van der Waals surface area contributed by atoms with E-state index in [1.165, 1.54) is 111 Å². The third-order valence-corrected chi connectivity index (χ3v) is 13.5. The van der Waals surface area contributed by atoms with E-state index in [2.05, 4.69) is 78.9 Å². The standard InChI is InChI=1S/C54H76N8O11S/c1-34(55-39(64)47(2,3)62-46(71)73-32-33-74-54(35-26-20-17-21-27-35,36-28-22-18-23-29-36)37-30-24-19-25-31-37)38(63)56-48(4,5)40(65)57-49(6,7)41(66)58-50(8,9)42(67)59-51(10,11)43(68)60-52(12,13)44(69)61-53(14,15)45(70)72-16/h17-31,34H,32-33H2,1-16H3,(H,55,64)(H,56,63)(H,57,65)(H,58,66)(H,59,67)(H,60,68)(H,61,69)(H,62,71)/t34-/m0/s1. The van der Waals surface area contributed by atoms with Crippen molar-refractivity contribution in [3.05, 3.63) is 108 Å². The Kier molecular flexibility index (Phi) is 19.8. The largest absolute Gasteiger partial charge is 0.467 e. The summed E-state index contributed by atoms with van der Waals surface area (Å²) in [5, 5.41) is 20.6. The third kappa shape index (κ3) is 15.8. The molecule has 8 N–H and O–H groups in total. The summed E-state index contributed by atoms with van der Waals surface area (Å²) in [5.41, 5.74) is -7.96. The van der Waals surface area contributed by atoms with E-state index in [9.17, 15) is 43.2 Å². The van der Waals surface area contributed by atoms with Crippen LogP contribution in [0.3, 0.4) is 0 Å². The van der Waals surface area contributed by atoms with Crippen molar-refractivity contribution in [3.8, 4) is 0 Å². The first-order chi connectivity index (χ1) is 34.0. The third-order valence-electron chi connectivity index (χ3n) is 12.0. The Hall–Kier alpha value is -6.96. The molecule has 0 aliphatic carbocycles. The first kappa shape index (κ1) is 61.3. The molecular weight excluding hydrogens is 969 g/mol. The van der Waals surface area contributed by atoms with E-state index in [0.717, 1.165) is 16.7 Å². The van der Waals surface area contributed by atoms with Crippen molar-refractivity contribution < 1.29 is 52.6 Å². The number of methoxy groups -OCH3 is 1. The number of carbonyl (C=O) groups is 9. The van der Waals surface area contributed by atoms with Crippen LogP contribution in [0.15, 0.2) is 91.0 Å². The van der Waals surface area contributed by atoms with Crippen molar-refractivity contribution in [1.29, 1.82) is 0 Å². The summed E-state index contributed by atoms with van der Waals surface area (Å²) in [6, 6.07) is 29.0. The van der Waals surface area contributed by atoms with Crippen LogP contribution in [0.25, 0.3) is 0 Å². The first-order valence-corrected chi connectivity index (χ1v) is 25.1. The van der Waals surface area contributed by atoms with Crippen molar-refractivity contribution in [1.82, 2.24) is 42.5 Å². The number of carbonyl (C=O) groups excluding carboxylic acids is 9. The highest BCUT2D eigenvalue weighted by atomic mass is 32.2. The molecule has 3 aromatic carbocycles. The Bertz CT molecular complexity index is 2430. The quantitative estimate of drug-likeness (QED) is 0.0376. The molecule has 0 heterocycles. The summed E-state index contributed by atoms with van der Waals surface area (Å²) in [4.78, 5) is 119. The van der Waals surface area contributed by atoms with Crippen LogP contribution in [0, 0.1) is 0 Å². The van der Waals surface area contributed by atoms with Gasteiger partial charge in [0.25, 0.3) is 0 Å². The van der Waals surface area contributed by atoms with Crippen LogP contribution in [0.4, 0.5) is 4.79 Å². The van der Waals surface area contributed by atoms with Crippen LogP contribution < -0.4 is 42.5 Å². The summed E-state index contributed by atoms with van der Waals surface area (Å²) in [7, 11) is 1.17. The summed E-state index contributed by atoms with van der Waals surface area (Å²) in [6.45, 7) is 21.1. The predicted octanol–water partition coefficient (Wildman–Crippen LogP) is 4.26. The molecule has 20 heteroatoms. The molecule has 0 radical (unpaired) electrons. The van der Waals surface area contributed by atoms with Crippen LogP contribution in [0.2, 0.25) is 0 Å². The second-order valence-electron chi connectivity index (χ2n) is 21.7. The van der Waals surface area contributed by atoms with Crippen LogP contribution in [0.5, 0.6) is 0 Å². The van der Waals surface area contributed by atoms with Gasteiger partial charge in [-0.2, -0.15) is 0 Å². The van der Waals surface area contributed by atoms with Gasteiger partial charge in [-0.15, -0.1) is 11.8 Å². The van der Waals surface area contributed by atoms with Crippen LogP contribution in [-0.4, -0.2) is 118 Å². The second kappa shape index (κ2) is 23.9. The van der Waals surface area contributed by atoms with Gasteiger partial charge in [0, 0.05) is 5.75 Å². The van der Waals surface area contributed by atoms with Gasteiger partial charge in [-0.25, -0.2) is 9.59 Å². The average molecular weight is 1050 g/mol. The van der Waals surface area contributed by atoms with E-state index in [-0.39, 0.29) is 6.61 Å². The number of hydrogen-bond acceptors (Lipinski definition) is 12. The number of esters is 1. The molecule has 404 valence electrons. The zero-order valence-corrected chi connectivity index (χ0v) is 46.4. The molecule has 3 rings (SSSR count). The van der Waals surface area contributed by atoms with Gasteiger partial charge in [0.1, 0.15) is 51.4 Å². The normalized spacial score (nSPS) is 12.9. The minimum Gasteiger partial charge on any atom is -0.467 e. The number of ether oxygens (including phenoxy) is 2. The minimum absolute atomic E-state index is 0.00680. The lowest BCUT2D eigenvalue weighted by atomic mass is 9.84. The number of rotatable bonds is 23. The van der Waals surface area contributed by atoms with Crippen LogP contribution in [-0.2, 0) is 52.6 Å². The Labute approximate surface area is 439 Å². The number of nitrogens with one attached hydrogen (secondary N) is 8. The van der Waals surface area contributed by atoms with E-state index >= 15 is 0 Å². The van der Waals surface area contributed by atoms with E-state index < -0.39 is 103 Å². The highest BCUT2D eigenvalue weighted by Crippen LogP contribution is 2.48. The topological polar surface area (TPSA) is 268 Å². The number of alkyl carbamates (subject to hydrolysis) is 1. The molecule has 0 spiro atoms. The molecule has 0 aliphatic rings. The number of benzene rings is 3. The molecule has 0 aromatic heterocycles. The Morgan fingerprint density at radius 3 is 1.05 bits per heavy atom. The number of amides is 8. The van der Waals surface area contributed by atoms with Crippen molar-refractivity contribution >= 4 is 65.2 Å². The highest BCUT2D eigenvalue weighted by molar-refractivity contribution is 8.00. The first-order valence-electron chi connectivity index (χ1n) is 24.1. The van der Waals surface area contributed by atoms with E-state index in [1.54, 1.807) is 11.8 Å². The summed E-state index contributed by atoms with van der Waals surface area (Å²) < 4.78 is 9.68. The number of hydrogen-bond donors (Lipinski definition) is 8. The predicted molar refractivity (Wildman–Crippen MR) is 283 cm³/mol. The maximum Gasteiger partial charge on any atom is 0.408 e. The zero-order chi connectivity index (χ0) is 56.3. The SMILES string of the molecule is COC(=O)C(C)(C)NC(=O)C(C)(C)NC(=O)C(C)(C)NC(=O)C(C)(C)NC(=O)C(C)(C)NC(=O)C(C)(C)NC(=O)[C@H](C)NC(=O)C(C)(C)NC(=O)OCCSC(c1ccccc1)(c1ccccc1)c1ccccc1. The van der Waals surface area contributed by atoms with E-state index in [1.807, 2.05) is 54.6 Å². The number of thioether (sulfide) groups is 1. The molecule has 3 aromatic rings. The van der Waals surface area contributed by atoms with E-state index in [0.29, 0.717) is 5.75 Å². The van der Waals surface area contributed by atoms with Crippen molar-refractivity contribution in [2.45, 2.75) is 153 Å². The fraction of sp³-hybridized carbons (Fsp3) is 0.500. The molecule has 8 amide bonds. The monoisotopic (exact) mass is 1040 g/mol. The molecule has 0 saturated carbocycles. The fourth-order valence-corrected chi connectivity index (χ4v) is 8.48. The highest BCUT2D eigenvalue weighted by Gasteiger charge is 2.45. The lowest BCUT2D eigenvalue weighted by molar-refractivity contribution is -0.150. The second-order valence-corrected chi connectivity index (χ2v) is 23.0. The Morgan fingerprint density at radius 2 is 0.730 bits per heavy atom. The van der Waals surface area contributed by atoms with Crippen LogP contribution in [0.1, 0.15) is 121 Å². The summed E-state index contributed by atoms with van der Waals surface area (Å²) in [6.07, 6.45) is -0.848. The Balaban J connectivity index is 1.56. The van der Waals surface area contributed by atoms with Crippen molar-refractivity contribution in [2.24, 2.45) is 0 Å². The molecule has 0 unspecified atom stereocenters. The maximum atomic E-state index is 13.7. The summed E-state index contributed by atoms with van der Waals surface area (Å²) in [5.74, 6) is -5.62. The average Bonchev–Trinajstić information content (AvgIpc) is 3.31. The maximum absolute atomic E-state index is 13.7. The van der Waals surface area contributed by atoms with E-state index in [4.69, 9.17) is 9.47 Å². The zero-order valence-electron chi connectivity index (χ0n) is 45.6.